The predicted octanol–water partition coefficient (Wildman–Crippen LogP) is 5.51. The minimum absolute atomic E-state index is 0.388. The van der Waals surface area contributed by atoms with E-state index in [9.17, 15) is 0 Å². The van der Waals surface area contributed by atoms with Crippen molar-refractivity contribution in [2.75, 3.05) is 13.1 Å². The van der Waals surface area contributed by atoms with Gasteiger partial charge >= 0.3 is 0 Å². The summed E-state index contributed by atoms with van der Waals surface area (Å²) in [5.41, 5.74) is 1.62. The van der Waals surface area contributed by atoms with Crippen molar-refractivity contribution < 1.29 is 0 Å². The molecule has 1 N–H and O–H groups in total. The summed E-state index contributed by atoms with van der Waals surface area (Å²) < 4.78 is 0. The summed E-state index contributed by atoms with van der Waals surface area (Å²) in [6, 6.07) is 5.88. The van der Waals surface area contributed by atoms with Gasteiger partial charge < -0.3 is 5.32 Å². The SMILES string of the molecule is CCNCC1CCC(C)(C)CC1c1cc(Cl)ccc1Cl. The van der Waals surface area contributed by atoms with Gasteiger partial charge in [-0.05, 0) is 73.4 Å². The molecule has 1 fully saturated rings. The van der Waals surface area contributed by atoms with Crippen molar-refractivity contribution in [1.82, 2.24) is 5.32 Å². The molecule has 1 saturated carbocycles. The van der Waals surface area contributed by atoms with Crippen molar-refractivity contribution in [3.63, 3.8) is 0 Å². The largest absolute Gasteiger partial charge is 0.317 e. The van der Waals surface area contributed by atoms with Crippen LogP contribution in [-0.4, -0.2) is 13.1 Å². The number of nitrogens with one attached hydrogen (secondary N) is 1. The lowest BCUT2D eigenvalue weighted by Crippen LogP contribution is -2.35. The highest BCUT2D eigenvalue weighted by atomic mass is 35.5. The summed E-state index contributed by atoms with van der Waals surface area (Å²) in [6.45, 7) is 8.98. The molecule has 0 bridgehead atoms. The number of hydrogen-bond donors (Lipinski definition) is 1. The molecule has 1 aliphatic carbocycles. The molecule has 2 unspecified atom stereocenters. The quantitative estimate of drug-likeness (QED) is 0.772. The Balaban J connectivity index is 2.28. The Morgan fingerprint density at radius 3 is 2.75 bits per heavy atom. The highest BCUT2D eigenvalue weighted by molar-refractivity contribution is 6.33. The summed E-state index contributed by atoms with van der Waals surface area (Å²) in [6.07, 6.45) is 3.73. The van der Waals surface area contributed by atoms with Crippen LogP contribution in [-0.2, 0) is 0 Å². The smallest absolute Gasteiger partial charge is 0.0441 e. The van der Waals surface area contributed by atoms with E-state index in [1.165, 1.54) is 24.8 Å². The van der Waals surface area contributed by atoms with Crippen molar-refractivity contribution in [1.29, 1.82) is 0 Å². The molecule has 0 saturated heterocycles. The first kappa shape index (κ1) is 16.1. The molecule has 1 aliphatic rings. The van der Waals surface area contributed by atoms with Crippen LogP contribution in [0.1, 0.15) is 51.5 Å². The van der Waals surface area contributed by atoms with Gasteiger partial charge in [0.05, 0.1) is 0 Å². The lowest BCUT2D eigenvalue weighted by molar-refractivity contribution is 0.160. The Morgan fingerprint density at radius 1 is 1.30 bits per heavy atom. The van der Waals surface area contributed by atoms with Crippen molar-refractivity contribution in [2.45, 2.75) is 46.0 Å². The Hall–Kier alpha value is -0.240. The first-order chi connectivity index (χ1) is 9.43. The third-order valence-electron chi connectivity index (χ3n) is 4.55. The van der Waals surface area contributed by atoms with Crippen LogP contribution in [0.5, 0.6) is 0 Å². The van der Waals surface area contributed by atoms with Gasteiger partial charge in [0.15, 0.2) is 0 Å². The zero-order valence-electron chi connectivity index (χ0n) is 12.7. The average Bonchev–Trinajstić information content (AvgIpc) is 2.39. The average molecular weight is 314 g/mol. The lowest BCUT2D eigenvalue weighted by Gasteiger charge is -2.41. The zero-order valence-corrected chi connectivity index (χ0v) is 14.2. The molecule has 1 aromatic carbocycles. The van der Waals surface area contributed by atoms with Gasteiger partial charge in [-0.3, -0.25) is 0 Å². The maximum atomic E-state index is 6.44. The molecular formula is C17H25Cl2N. The third kappa shape index (κ3) is 3.90. The monoisotopic (exact) mass is 313 g/mol. The van der Waals surface area contributed by atoms with Gasteiger partial charge in [-0.15, -0.1) is 0 Å². The van der Waals surface area contributed by atoms with Crippen LogP contribution in [0, 0.1) is 11.3 Å². The standard InChI is InChI=1S/C17H25Cl2N/c1-4-20-11-12-7-8-17(2,3)10-15(12)14-9-13(18)5-6-16(14)19/h5-6,9,12,15,20H,4,7-8,10-11H2,1-3H3. The van der Waals surface area contributed by atoms with Crippen LogP contribution >= 0.6 is 23.2 Å². The third-order valence-corrected chi connectivity index (χ3v) is 5.13. The molecule has 0 amide bonds. The summed E-state index contributed by atoms with van der Waals surface area (Å²) in [5.74, 6) is 1.16. The Kier molecular flexibility index (Phi) is 5.39. The maximum absolute atomic E-state index is 6.44. The summed E-state index contributed by atoms with van der Waals surface area (Å²) in [5, 5.41) is 5.15. The fraction of sp³-hybridized carbons (Fsp3) is 0.647. The van der Waals surface area contributed by atoms with Crippen LogP contribution in [0.3, 0.4) is 0 Å². The fourth-order valence-corrected chi connectivity index (χ4v) is 3.82. The minimum atomic E-state index is 0.388. The molecule has 3 heteroatoms. The zero-order chi connectivity index (χ0) is 14.8. The second-order valence-electron chi connectivity index (χ2n) is 6.75. The molecule has 0 heterocycles. The van der Waals surface area contributed by atoms with Crippen LogP contribution < -0.4 is 5.32 Å². The van der Waals surface area contributed by atoms with Crippen LogP contribution in [0.4, 0.5) is 0 Å². The molecular weight excluding hydrogens is 289 g/mol. The van der Waals surface area contributed by atoms with Gasteiger partial charge in [-0.2, -0.15) is 0 Å². The normalized spacial score (nSPS) is 25.6. The van der Waals surface area contributed by atoms with E-state index in [-0.39, 0.29) is 0 Å². The van der Waals surface area contributed by atoms with Crippen molar-refractivity contribution >= 4 is 23.2 Å². The van der Waals surface area contributed by atoms with E-state index in [0.29, 0.717) is 17.3 Å². The molecule has 1 nitrogen and oxygen atoms in total. The molecule has 0 radical (unpaired) electrons. The Bertz CT molecular complexity index is 456. The summed E-state index contributed by atoms with van der Waals surface area (Å²) in [7, 11) is 0. The van der Waals surface area contributed by atoms with E-state index < -0.39 is 0 Å². The van der Waals surface area contributed by atoms with Crippen LogP contribution in [0.2, 0.25) is 10.0 Å². The van der Waals surface area contributed by atoms with E-state index in [0.717, 1.165) is 23.1 Å². The Morgan fingerprint density at radius 2 is 2.05 bits per heavy atom. The molecule has 2 rings (SSSR count). The molecule has 0 spiro atoms. The molecule has 0 aromatic heterocycles. The summed E-state index contributed by atoms with van der Waals surface area (Å²) in [4.78, 5) is 0. The van der Waals surface area contributed by atoms with Crippen LogP contribution in [0.15, 0.2) is 18.2 Å². The van der Waals surface area contributed by atoms with Gasteiger partial charge in [0.25, 0.3) is 0 Å². The summed E-state index contributed by atoms with van der Waals surface area (Å²) >= 11 is 12.6. The second kappa shape index (κ2) is 6.68. The molecule has 20 heavy (non-hydrogen) atoms. The van der Waals surface area contributed by atoms with Crippen molar-refractivity contribution in [3.05, 3.63) is 33.8 Å². The predicted molar refractivity (Wildman–Crippen MR) is 88.9 cm³/mol. The first-order valence-electron chi connectivity index (χ1n) is 7.58. The molecule has 1 aromatic rings. The fourth-order valence-electron chi connectivity index (χ4n) is 3.38. The van der Waals surface area contributed by atoms with Gasteiger partial charge in [0, 0.05) is 10.0 Å². The van der Waals surface area contributed by atoms with Gasteiger partial charge in [0.2, 0.25) is 0 Å². The highest BCUT2D eigenvalue weighted by Crippen LogP contribution is 2.48. The lowest BCUT2D eigenvalue weighted by atomic mass is 9.65. The highest BCUT2D eigenvalue weighted by Gasteiger charge is 2.36. The van der Waals surface area contributed by atoms with Gasteiger partial charge in [0.1, 0.15) is 0 Å². The van der Waals surface area contributed by atoms with Crippen molar-refractivity contribution in [2.24, 2.45) is 11.3 Å². The number of benzene rings is 1. The number of rotatable bonds is 4. The van der Waals surface area contributed by atoms with Gasteiger partial charge in [-0.25, -0.2) is 0 Å². The first-order valence-corrected chi connectivity index (χ1v) is 8.34. The minimum Gasteiger partial charge on any atom is -0.317 e. The van der Waals surface area contributed by atoms with E-state index in [1.54, 1.807) is 0 Å². The van der Waals surface area contributed by atoms with Crippen LogP contribution in [0.25, 0.3) is 0 Å². The number of hydrogen-bond acceptors (Lipinski definition) is 1. The Labute approximate surface area is 133 Å². The molecule has 0 aliphatic heterocycles. The van der Waals surface area contributed by atoms with E-state index in [4.69, 9.17) is 23.2 Å². The molecule has 2 atom stereocenters. The van der Waals surface area contributed by atoms with E-state index in [1.807, 2.05) is 12.1 Å². The van der Waals surface area contributed by atoms with Crippen molar-refractivity contribution in [3.8, 4) is 0 Å². The van der Waals surface area contributed by atoms with E-state index in [2.05, 4.69) is 32.2 Å². The van der Waals surface area contributed by atoms with E-state index >= 15 is 0 Å². The maximum Gasteiger partial charge on any atom is 0.0441 e. The molecule has 112 valence electrons. The number of halogens is 2. The topological polar surface area (TPSA) is 12.0 Å². The van der Waals surface area contributed by atoms with Gasteiger partial charge in [-0.1, -0.05) is 44.0 Å². The second-order valence-corrected chi connectivity index (χ2v) is 7.59.